The Hall–Kier alpha value is -3.22. The van der Waals surface area contributed by atoms with Crippen molar-refractivity contribution in [1.82, 2.24) is 10.2 Å². The molecule has 0 saturated carbocycles. The fourth-order valence-corrected chi connectivity index (χ4v) is 3.13. The summed E-state index contributed by atoms with van der Waals surface area (Å²) in [4.78, 5) is 26.1. The van der Waals surface area contributed by atoms with E-state index in [9.17, 15) is 9.59 Å². The fraction of sp³-hybridized carbons (Fsp3) is 0.333. The smallest absolute Gasteiger partial charge is 0.415 e. The van der Waals surface area contributed by atoms with Crippen molar-refractivity contribution in [3.8, 4) is 11.5 Å². The Morgan fingerprint density at radius 2 is 1.71 bits per heavy atom. The minimum absolute atomic E-state index is 0.268. The molecule has 2 N–H and O–H groups in total. The van der Waals surface area contributed by atoms with Crippen molar-refractivity contribution in [3.05, 3.63) is 54.6 Å². The predicted molar refractivity (Wildman–Crippen MR) is 107 cm³/mol. The normalized spacial score (nSPS) is 14.2. The summed E-state index contributed by atoms with van der Waals surface area (Å²) in [6.45, 7) is 1.79. The number of likely N-dealkylation sites (tertiary alicyclic amines) is 1. The SMILES string of the molecule is COc1ccccc1NC(=O)NCC1CCN(C(=O)Oc2ccccc2)CC1. The summed E-state index contributed by atoms with van der Waals surface area (Å²) in [5.74, 6) is 1.48. The van der Waals surface area contributed by atoms with Crippen LogP contribution in [-0.4, -0.2) is 43.8 Å². The zero-order valence-corrected chi connectivity index (χ0v) is 15.9. The minimum atomic E-state index is -0.327. The standard InChI is InChI=1S/C21H25N3O4/c1-27-19-10-6-5-9-18(19)23-20(25)22-15-16-11-13-24(14-12-16)21(26)28-17-7-3-2-4-8-17/h2-10,16H,11-15H2,1H3,(H2,22,23,25). The summed E-state index contributed by atoms with van der Waals surface area (Å²) in [5, 5.41) is 5.69. The van der Waals surface area contributed by atoms with E-state index in [1.807, 2.05) is 30.3 Å². The lowest BCUT2D eigenvalue weighted by Crippen LogP contribution is -2.43. The average molecular weight is 383 g/mol. The Balaban J connectivity index is 1.39. The van der Waals surface area contributed by atoms with Gasteiger partial charge in [-0.05, 0) is 43.0 Å². The average Bonchev–Trinajstić information content (AvgIpc) is 2.74. The summed E-state index contributed by atoms with van der Waals surface area (Å²) in [6, 6.07) is 16.0. The maximum atomic E-state index is 12.2. The Bertz CT molecular complexity index is 789. The Kier molecular flexibility index (Phi) is 6.73. The summed E-state index contributed by atoms with van der Waals surface area (Å²) in [5.41, 5.74) is 0.626. The van der Waals surface area contributed by atoms with Crippen molar-refractivity contribution >= 4 is 17.8 Å². The van der Waals surface area contributed by atoms with E-state index in [0.29, 0.717) is 42.7 Å². The summed E-state index contributed by atoms with van der Waals surface area (Å²) in [7, 11) is 1.56. The van der Waals surface area contributed by atoms with Crippen LogP contribution in [0.15, 0.2) is 54.6 Å². The molecular formula is C21H25N3O4. The number of nitrogens with one attached hydrogen (secondary N) is 2. The highest BCUT2D eigenvalue weighted by Gasteiger charge is 2.24. The molecule has 3 rings (SSSR count). The number of hydrogen-bond acceptors (Lipinski definition) is 4. The first-order chi connectivity index (χ1) is 13.7. The number of piperidine rings is 1. The topological polar surface area (TPSA) is 79.9 Å². The van der Waals surface area contributed by atoms with Gasteiger partial charge in [0.15, 0.2) is 0 Å². The number of rotatable bonds is 5. The zero-order chi connectivity index (χ0) is 19.8. The number of anilines is 1. The molecule has 148 valence electrons. The third-order valence-corrected chi connectivity index (χ3v) is 4.73. The number of nitrogens with zero attached hydrogens (tertiary/aromatic N) is 1. The number of ether oxygens (including phenoxy) is 2. The molecule has 0 atom stereocenters. The van der Waals surface area contributed by atoms with Crippen LogP contribution >= 0.6 is 0 Å². The van der Waals surface area contributed by atoms with Crippen molar-refractivity contribution in [3.63, 3.8) is 0 Å². The first-order valence-corrected chi connectivity index (χ1v) is 9.35. The van der Waals surface area contributed by atoms with E-state index >= 15 is 0 Å². The van der Waals surface area contributed by atoms with E-state index in [1.54, 1.807) is 36.3 Å². The number of para-hydroxylation sites is 3. The highest BCUT2D eigenvalue weighted by molar-refractivity contribution is 5.90. The van der Waals surface area contributed by atoms with Crippen LogP contribution in [0.2, 0.25) is 0 Å². The molecule has 0 aromatic heterocycles. The van der Waals surface area contributed by atoms with Crippen LogP contribution in [0.4, 0.5) is 15.3 Å². The molecule has 3 amide bonds. The second-order valence-corrected chi connectivity index (χ2v) is 6.65. The number of hydrogen-bond donors (Lipinski definition) is 2. The van der Waals surface area contributed by atoms with Crippen LogP contribution in [0.1, 0.15) is 12.8 Å². The number of carbonyl (C=O) groups excluding carboxylic acids is 2. The third-order valence-electron chi connectivity index (χ3n) is 4.73. The second-order valence-electron chi connectivity index (χ2n) is 6.65. The van der Waals surface area contributed by atoms with Crippen molar-refractivity contribution in [1.29, 1.82) is 0 Å². The summed E-state index contributed by atoms with van der Waals surface area (Å²) < 4.78 is 10.6. The molecule has 2 aromatic carbocycles. The maximum Gasteiger partial charge on any atom is 0.415 e. The summed E-state index contributed by atoms with van der Waals surface area (Å²) in [6.07, 6.45) is 1.31. The maximum absolute atomic E-state index is 12.2. The van der Waals surface area contributed by atoms with E-state index < -0.39 is 0 Å². The first-order valence-electron chi connectivity index (χ1n) is 9.35. The molecular weight excluding hydrogens is 358 g/mol. The molecule has 7 nitrogen and oxygen atoms in total. The number of amides is 3. The van der Waals surface area contributed by atoms with Crippen LogP contribution < -0.4 is 20.1 Å². The van der Waals surface area contributed by atoms with E-state index in [-0.39, 0.29) is 12.1 Å². The van der Waals surface area contributed by atoms with E-state index in [4.69, 9.17) is 9.47 Å². The van der Waals surface area contributed by atoms with Crippen molar-refractivity contribution in [2.75, 3.05) is 32.1 Å². The van der Waals surface area contributed by atoms with Gasteiger partial charge in [0, 0.05) is 19.6 Å². The number of carbonyl (C=O) groups is 2. The summed E-state index contributed by atoms with van der Waals surface area (Å²) >= 11 is 0. The minimum Gasteiger partial charge on any atom is -0.495 e. The van der Waals surface area contributed by atoms with Gasteiger partial charge >= 0.3 is 12.1 Å². The van der Waals surface area contributed by atoms with Gasteiger partial charge in [0.1, 0.15) is 11.5 Å². The lowest BCUT2D eigenvalue weighted by Gasteiger charge is -2.31. The molecule has 1 saturated heterocycles. The first kappa shape index (κ1) is 19.5. The fourth-order valence-electron chi connectivity index (χ4n) is 3.13. The van der Waals surface area contributed by atoms with Gasteiger partial charge in [-0.2, -0.15) is 0 Å². The molecule has 28 heavy (non-hydrogen) atoms. The highest BCUT2D eigenvalue weighted by Crippen LogP contribution is 2.23. The van der Waals surface area contributed by atoms with Gasteiger partial charge in [0.2, 0.25) is 0 Å². The molecule has 2 aromatic rings. The molecule has 7 heteroatoms. The van der Waals surface area contributed by atoms with Crippen LogP contribution in [-0.2, 0) is 0 Å². The predicted octanol–water partition coefficient (Wildman–Crippen LogP) is 3.73. The van der Waals surface area contributed by atoms with Crippen molar-refractivity contribution in [2.45, 2.75) is 12.8 Å². The largest absolute Gasteiger partial charge is 0.495 e. The number of benzene rings is 2. The molecule has 1 aliphatic rings. The van der Waals surface area contributed by atoms with Crippen molar-refractivity contribution < 1.29 is 19.1 Å². The molecule has 0 aliphatic carbocycles. The molecule has 1 aliphatic heterocycles. The van der Waals surface area contributed by atoms with Crippen LogP contribution in [0, 0.1) is 5.92 Å². The molecule has 0 radical (unpaired) electrons. The molecule has 1 heterocycles. The van der Waals surface area contributed by atoms with Crippen LogP contribution in [0.5, 0.6) is 11.5 Å². The number of methoxy groups -OCH3 is 1. The van der Waals surface area contributed by atoms with Gasteiger partial charge in [0.05, 0.1) is 12.8 Å². The molecule has 0 bridgehead atoms. The van der Waals surface area contributed by atoms with Crippen molar-refractivity contribution in [2.24, 2.45) is 5.92 Å². The third kappa shape index (κ3) is 5.39. The molecule has 0 spiro atoms. The van der Waals surface area contributed by atoms with Gasteiger partial charge < -0.3 is 25.0 Å². The number of urea groups is 1. The Morgan fingerprint density at radius 1 is 1.04 bits per heavy atom. The van der Waals surface area contributed by atoms with Gasteiger partial charge in [-0.3, -0.25) is 0 Å². The highest BCUT2D eigenvalue weighted by atomic mass is 16.6. The van der Waals surface area contributed by atoms with Crippen LogP contribution in [0.3, 0.4) is 0 Å². The Morgan fingerprint density at radius 3 is 2.43 bits per heavy atom. The van der Waals surface area contributed by atoms with Crippen LogP contribution in [0.25, 0.3) is 0 Å². The van der Waals surface area contributed by atoms with E-state index in [1.165, 1.54) is 0 Å². The molecule has 1 fully saturated rings. The zero-order valence-electron chi connectivity index (χ0n) is 15.9. The quantitative estimate of drug-likeness (QED) is 0.825. The lowest BCUT2D eigenvalue weighted by molar-refractivity contribution is 0.130. The van der Waals surface area contributed by atoms with Gasteiger partial charge in [0.25, 0.3) is 0 Å². The monoisotopic (exact) mass is 383 g/mol. The second kappa shape index (κ2) is 9.64. The van der Waals surface area contributed by atoms with Gasteiger partial charge in [-0.25, -0.2) is 9.59 Å². The van der Waals surface area contributed by atoms with E-state index in [2.05, 4.69) is 10.6 Å². The molecule has 0 unspecified atom stereocenters. The lowest BCUT2D eigenvalue weighted by atomic mass is 9.97. The Labute approximate surface area is 164 Å². The van der Waals surface area contributed by atoms with Gasteiger partial charge in [-0.1, -0.05) is 30.3 Å². The van der Waals surface area contributed by atoms with Gasteiger partial charge in [-0.15, -0.1) is 0 Å². The van der Waals surface area contributed by atoms with E-state index in [0.717, 1.165) is 12.8 Å².